The molecule has 1 heterocycles. The molecule has 96 valence electrons. The smallest absolute Gasteiger partial charge is 0.344 e. The minimum Gasteiger partial charge on any atom is -0.468 e. The van der Waals surface area contributed by atoms with Crippen LogP contribution in [-0.2, 0) is 29.6 Å². The molecule has 1 unspecified atom stereocenters. The normalized spacial score (nSPS) is 13.4. The van der Waals surface area contributed by atoms with Crippen LogP contribution in [0.4, 0.5) is 0 Å². The van der Waals surface area contributed by atoms with Gasteiger partial charge in [-0.25, -0.2) is 0 Å². The van der Waals surface area contributed by atoms with Gasteiger partial charge in [0, 0.05) is 14.2 Å². The molecule has 0 bridgehead atoms. The quantitative estimate of drug-likeness (QED) is 0.590. The van der Waals surface area contributed by atoms with Crippen molar-refractivity contribution < 1.29 is 23.1 Å². The first kappa shape index (κ1) is 14.4. The zero-order valence-electron chi connectivity index (χ0n) is 9.91. The minimum absolute atomic E-state index is 0.273. The second-order valence-electron chi connectivity index (χ2n) is 3.28. The first-order valence-corrected chi connectivity index (χ1v) is 7.43. The van der Waals surface area contributed by atoms with Gasteiger partial charge >= 0.3 is 13.6 Å². The zero-order valence-corrected chi connectivity index (χ0v) is 11.6. The SMILES string of the molecule is COC(=O)C(Cc1ccsc1)P(=O)(OC)OC. The van der Waals surface area contributed by atoms with Gasteiger partial charge in [0.1, 0.15) is 0 Å². The largest absolute Gasteiger partial charge is 0.468 e. The van der Waals surface area contributed by atoms with Crippen molar-refractivity contribution in [2.75, 3.05) is 21.3 Å². The standard InChI is InChI=1S/C10H15O5PS/c1-13-10(11)9(16(12,14-2)15-3)6-8-4-5-17-7-8/h4-5,7,9H,6H2,1-3H3. The number of methoxy groups -OCH3 is 1. The number of carbonyl (C=O) groups excluding carboxylic acids is 1. The molecule has 1 rings (SSSR count). The van der Waals surface area contributed by atoms with E-state index in [1.165, 1.54) is 32.7 Å². The molecule has 1 aromatic rings. The Hall–Kier alpha value is -0.680. The van der Waals surface area contributed by atoms with Crippen LogP contribution in [0.2, 0.25) is 0 Å². The number of hydrogen-bond donors (Lipinski definition) is 0. The highest BCUT2D eigenvalue weighted by Gasteiger charge is 2.40. The topological polar surface area (TPSA) is 61.8 Å². The van der Waals surface area contributed by atoms with Gasteiger partial charge in [-0.15, -0.1) is 0 Å². The second-order valence-corrected chi connectivity index (χ2v) is 6.49. The summed E-state index contributed by atoms with van der Waals surface area (Å²) in [5.41, 5.74) is -0.0307. The summed E-state index contributed by atoms with van der Waals surface area (Å²) in [6.45, 7) is 0. The minimum atomic E-state index is -3.47. The van der Waals surface area contributed by atoms with E-state index in [9.17, 15) is 9.36 Å². The van der Waals surface area contributed by atoms with Crippen LogP contribution in [-0.4, -0.2) is 33.0 Å². The van der Waals surface area contributed by atoms with Crippen molar-refractivity contribution >= 4 is 24.9 Å². The molecule has 0 saturated heterocycles. The number of esters is 1. The maximum atomic E-state index is 12.2. The number of rotatable bonds is 6. The number of carbonyl (C=O) groups is 1. The summed E-state index contributed by atoms with van der Waals surface area (Å²) in [6.07, 6.45) is 0.273. The third-order valence-corrected chi connectivity index (χ3v) is 5.28. The summed E-state index contributed by atoms with van der Waals surface area (Å²) in [7, 11) is 0.289. The molecule has 0 spiro atoms. The van der Waals surface area contributed by atoms with E-state index >= 15 is 0 Å². The number of hydrogen-bond acceptors (Lipinski definition) is 6. The average molecular weight is 278 g/mol. The van der Waals surface area contributed by atoms with Crippen LogP contribution in [0.1, 0.15) is 5.56 Å². The van der Waals surface area contributed by atoms with Crippen LogP contribution >= 0.6 is 18.9 Å². The van der Waals surface area contributed by atoms with Gasteiger partial charge in [0.05, 0.1) is 7.11 Å². The molecule has 17 heavy (non-hydrogen) atoms. The van der Waals surface area contributed by atoms with E-state index in [1.54, 1.807) is 0 Å². The van der Waals surface area contributed by atoms with Gasteiger partial charge in [0.25, 0.3) is 0 Å². The summed E-state index contributed by atoms with van der Waals surface area (Å²) in [6, 6.07) is 1.86. The molecule has 0 N–H and O–H groups in total. The van der Waals surface area contributed by atoms with Crippen molar-refractivity contribution in [1.29, 1.82) is 0 Å². The maximum Gasteiger partial charge on any atom is 0.344 e. The van der Waals surface area contributed by atoms with Crippen LogP contribution in [0.3, 0.4) is 0 Å². The van der Waals surface area contributed by atoms with Gasteiger partial charge in [0.2, 0.25) is 0 Å². The highest BCUT2D eigenvalue weighted by atomic mass is 32.1. The highest BCUT2D eigenvalue weighted by molar-refractivity contribution is 7.55. The molecular weight excluding hydrogens is 263 g/mol. The Morgan fingerprint density at radius 1 is 1.41 bits per heavy atom. The van der Waals surface area contributed by atoms with E-state index in [0.29, 0.717) is 0 Å². The molecule has 0 aliphatic rings. The molecule has 1 aromatic heterocycles. The molecule has 0 amide bonds. The first-order chi connectivity index (χ1) is 8.07. The molecular formula is C10H15O5PS. The van der Waals surface area contributed by atoms with Gasteiger partial charge in [-0.1, -0.05) is 0 Å². The van der Waals surface area contributed by atoms with E-state index in [4.69, 9.17) is 9.05 Å². The monoisotopic (exact) mass is 278 g/mol. The average Bonchev–Trinajstić information content (AvgIpc) is 2.87. The van der Waals surface area contributed by atoms with Crippen molar-refractivity contribution in [2.45, 2.75) is 12.1 Å². The van der Waals surface area contributed by atoms with Crippen LogP contribution in [0.5, 0.6) is 0 Å². The second kappa shape index (κ2) is 6.31. The summed E-state index contributed by atoms with van der Waals surface area (Å²) in [4.78, 5) is 11.7. The zero-order chi connectivity index (χ0) is 12.9. The third-order valence-electron chi connectivity index (χ3n) is 2.37. The van der Waals surface area contributed by atoms with Gasteiger partial charge in [-0.2, -0.15) is 11.3 Å². The summed E-state index contributed by atoms with van der Waals surface area (Å²) < 4.78 is 26.6. The van der Waals surface area contributed by atoms with E-state index < -0.39 is 19.2 Å². The predicted molar refractivity (Wildman–Crippen MR) is 65.5 cm³/mol. The number of thiophene rings is 1. The molecule has 0 aromatic carbocycles. The van der Waals surface area contributed by atoms with Crippen LogP contribution in [0, 0.1) is 0 Å². The van der Waals surface area contributed by atoms with Crippen molar-refractivity contribution in [1.82, 2.24) is 0 Å². The van der Waals surface area contributed by atoms with Gasteiger partial charge in [-0.3, -0.25) is 9.36 Å². The molecule has 0 aliphatic carbocycles. The molecule has 0 aliphatic heterocycles. The molecule has 1 atom stereocenters. The Balaban J connectivity index is 2.95. The molecule has 0 radical (unpaired) electrons. The number of ether oxygens (including phenoxy) is 1. The van der Waals surface area contributed by atoms with Crippen molar-refractivity contribution in [3.8, 4) is 0 Å². The van der Waals surface area contributed by atoms with E-state index in [-0.39, 0.29) is 6.42 Å². The Kier molecular flexibility index (Phi) is 5.33. The Bertz CT molecular complexity index is 395. The molecule has 7 heteroatoms. The Morgan fingerprint density at radius 3 is 2.47 bits per heavy atom. The van der Waals surface area contributed by atoms with Crippen molar-refractivity contribution in [3.63, 3.8) is 0 Å². The van der Waals surface area contributed by atoms with Gasteiger partial charge < -0.3 is 13.8 Å². The van der Waals surface area contributed by atoms with Crippen LogP contribution < -0.4 is 0 Å². The fourth-order valence-electron chi connectivity index (χ4n) is 1.42. The maximum absolute atomic E-state index is 12.2. The lowest BCUT2D eigenvalue weighted by Gasteiger charge is -2.21. The van der Waals surface area contributed by atoms with E-state index in [1.807, 2.05) is 16.8 Å². The summed E-state index contributed by atoms with van der Waals surface area (Å²) >= 11 is 1.50. The lowest BCUT2D eigenvalue weighted by molar-refractivity contribution is -0.140. The van der Waals surface area contributed by atoms with Gasteiger partial charge in [-0.05, 0) is 28.8 Å². The molecule has 5 nitrogen and oxygen atoms in total. The van der Waals surface area contributed by atoms with Crippen LogP contribution in [0.15, 0.2) is 16.8 Å². The molecule has 0 fully saturated rings. The van der Waals surface area contributed by atoms with E-state index in [0.717, 1.165) is 5.56 Å². The predicted octanol–water partition coefficient (Wildman–Crippen LogP) is 2.32. The van der Waals surface area contributed by atoms with Crippen molar-refractivity contribution in [3.05, 3.63) is 22.4 Å². The summed E-state index contributed by atoms with van der Waals surface area (Å²) in [5.74, 6) is -0.594. The third kappa shape index (κ3) is 3.39. The molecule has 0 saturated carbocycles. The summed E-state index contributed by atoms with van der Waals surface area (Å²) in [5, 5.41) is 3.76. The van der Waals surface area contributed by atoms with E-state index in [2.05, 4.69) is 4.74 Å². The van der Waals surface area contributed by atoms with Gasteiger partial charge in [0.15, 0.2) is 5.66 Å². The Morgan fingerprint density at radius 2 is 2.06 bits per heavy atom. The highest BCUT2D eigenvalue weighted by Crippen LogP contribution is 2.53. The van der Waals surface area contributed by atoms with Crippen LogP contribution in [0.25, 0.3) is 0 Å². The fraction of sp³-hybridized carbons (Fsp3) is 0.500. The van der Waals surface area contributed by atoms with Crippen molar-refractivity contribution in [2.24, 2.45) is 0 Å². The Labute approximate surface area is 104 Å². The first-order valence-electron chi connectivity index (χ1n) is 4.87. The fourth-order valence-corrected chi connectivity index (χ4v) is 3.56. The lowest BCUT2D eigenvalue weighted by Crippen LogP contribution is -2.26. The lowest BCUT2D eigenvalue weighted by atomic mass is 10.2.